The second-order valence-corrected chi connectivity index (χ2v) is 6.91. The minimum Gasteiger partial charge on any atom is -0.330 e. The van der Waals surface area contributed by atoms with Gasteiger partial charge < -0.3 is 4.90 Å². The fourth-order valence-electron chi connectivity index (χ4n) is 4.02. The minimum atomic E-state index is -0.0384. The van der Waals surface area contributed by atoms with E-state index in [0.717, 1.165) is 41.8 Å². The van der Waals surface area contributed by atoms with Crippen molar-refractivity contribution in [1.82, 2.24) is 24.5 Å². The van der Waals surface area contributed by atoms with E-state index in [-0.39, 0.29) is 11.9 Å². The quantitative estimate of drug-likeness (QED) is 0.551. The Morgan fingerprint density at radius 3 is 2.68 bits per heavy atom. The first kappa shape index (κ1) is 16.6. The Hall–Kier alpha value is -3.54. The molecule has 0 N–H and O–H groups in total. The van der Waals surface area contributed by atoms with Crippen LogP contribution in [-0.4, -0.2) is 36.9 Å². The number of rotatable bonds is 3. The van der Waals surface area contributed by atoms with E-state index < -0.39 is 0 Å². The van der Waals surface area contributed by atoms with Gasteiger partial charge in [-0.15, -0.1) is 0 Å². The van der Waals surface area contributed by atoms with Crippen molar-refractivity contribution in [3.05, 3.63) is 84.4 Å². The molecule has 1 aliphatic heterocycles. The second-order valence-electron chi connectivity index (χ2n) is 6.91. The lowest BCUT2D eigenvalue weighted by atomic mass is 9.98. The number of nitrogens with zero attached hydrogens (tertiary/aromatic N) is 5. The summed E-state index contributed by atoms with van der Waals surface area (Å²) in [4.78, 5) is 23.9. The molecule has 28 heavy (non-hydrogen) atoms. The normalized spacial score (nSPS) is 16.6. The third-order valence-corrected chi connectivity index (χ3v) is 5.31. The van der Waals surface area contributed by atoms with E-state index >= 15 is 0 Å². The van der Waals surface area contributed by atoms with E-state index in [1.807, 2.05) is 65.6 Å². The van der Waals surface area contributed by atoms with Gasteiger partial charge in [-0.05, 0) is 36.1 Å². The predicted molar refractivity (Wildman–Crippen MR) is 106 cm³/mol. The number of carbonyl (C=O) groups excluding carboxylic acids is 1. The van der Waals surface area contributed by atoms with Gasteiger partial charge in [0.1, 0.15) is 6.33 Å². The highest BCUT2D eigenvalue weighted by Crippen LogP contribution is 2.34. The lowest BCUT2D eigenvalue weighted by Crippen LogP contribution is -2.32. The van der Waals surface area contributed by atoms with Crippen LogP contribution in [0.4, 0.5) is 0 Å². The maximum atomic E-state index is 13.6. The Kier molecular flexibility index (Phi) is 4.09. The van der Waals surface area contributed by atoms with Gasteiger partial charge in [0.25, 0.3) is 11.7 Å². The van der Waals surface area contributed by atoms with E-state index in [9.17, 15) is 4.79 Å². The fourth-order valence-corrected chi connectivity index (χ4v) is 4.02. The molecule has 0 radical (unpaired) electrons. The van der Waals surface area contributed by atoms with Crippen molar-refractivity contribution in [2.45, 2.75) is 18.9 Å². The van der Waals surface area contributed by atoms with Crippen LogP contribution in [0, 0.1) is 0 Å². The zero-order chi connectivity index (χ0) is 18.9. The highest BCUT2D eigenvalue weighted by molar-refractivity contribution is 6.01. The summed E-state index contributed by atoms with van der Waals surface area (Å²) in [6.45, 7) is 0.727. The lowest BCUT2D eigenvalue weighted by Gasteiger charge is -2.26. The van der Waals surface area contributed by atoms with Crippen molar-refractivity contribution in [2.75, 3.05) is 6.54 Å². The molecule has 0 bridgehead atoms. The first-order chi connectivity index (χ1) is 13.8. The standard InChI is InChI=1S/C22H19N5O/c28-21(18-10-5-4-9-17(18)16-7-2-1-3-8-16)26-14-6-11-19(26)20-12-13-23-22-24-15-25-27(20)22/h1-5,7-10,12-13,15,19H,6,11,14H2. The topological polar surface area (TPSA) is 63.4 Å². The SMILES string of the molecule is O=C(c1ccccc1-c1ccccc1)N1CCCC1c1ccnc2ncnn12. The Morgan fingerprint density at radius 2 is 1.79 bits per heavy atom. The summed E-state index contributed by atoms with van der Waals surface area (Å²) in [5.41, 5.74) is 3.68. The average molecular weight is 369 g/mol. The molecule has 1 fully saturated rings. The van der Waals surface area contributed by atoms with Crippen LogP contribution < -0.4 is 0 Å². The molecule has 0 spiro atoms. The largest absolute Gasteiger partial charge is 0.330 e. The number of benzene rings is 2. The Bertz CT molecular complexity index is 1140. The number of hydrogen-bond donors (Lipinski definition) is 0. The third kappa shape index (κ3) is 2.74. The van der Waals surface area contributed by atoms with Gasteiger partial charge in [-0.3, -0.25) is 4.79 Å². The molecule has 138 valence electrons. The summed E-state index contributed by atoms with van der Waals surface area (Å²) >= 11 is 0. The first-order valence-electron chi connectivity index (χ1n) is 9.43. The monoisotopic (exact) mass is 369 g/mol. The third-order valence-electron chi connectivity index (χ3n) is 5.31. The van der Waals surface area contributed by atoms with Crippen LogP contribution in [0.1, 0.15) is 34.9 Å². The molecule has 1 atom stereocenters. The van der Waals surface area contributed by atoms with Crippen LogP contribution in [0.15, 0.2) is 73.2 Å². The van der Waals surface area contributed by atoms with E-state index in [1.165, 1.54) is 6.33 Å². The molecule has 0 aliphatic carbocycles. The number of carbonyl (C=O) groups is 1. The molecule has 6 heteroatoms. The van der Waals surface area contributed by atoms with Gasteiger partial charge in [-0.25, -0.2) is 4.98 Å². The van der Waals surface area contributed by atoms with E-state index in [1.54, 1.807) is 10.7 Å². The summed E-state index contributed by atoms with van der Waals surface area (Å²) in [5.74, 6) is 0.605. The highest BCUT2D eigenvalue weighted by Gasteiger charge is 2.33. The minimum absolute atomic E-state index is 0.0384. The number of likely N-dealkylation sites (tertiary alicyclic amines) is 1. The van der Waals surface area contributed by atoms with Crippen molar-refractivity contribution >= 4 is 11.7 Å². The summed E-state index contributed by atoms with van der Waals surface area (Å²) in [6, 6.07) is 19.8. The molecule has 2 aromatic carbocycles. The number of fused-ring (bicyclic) bond motifs is 1. The molecule has 2 aromatic heterocycles. The fraction of sp³-hybridized carbons (Fsp3) is 0.182. The molecular formula is C22H19N5O. The molecule has 1 unspecified atom stereocenters. The average Bonchev–Trinajstić information content (AvgIpc) is 3.43. The van der Waals surface area contributed by atoms with Gasteiger partial charge in [-0.2, -0.15) is 14.6 Å². The van der Waals surface area contributed by atoms with Crippen LogP contribution in [-0.2, 0) is 0 Å². The molecule has 1 amide bonds. The second kappa shape index (κ2) is 6.88. The lowest BCUT2D eigenvalue weighted by molar-refractivity contribution is 0.0732. The van der Waals surface area contributed by atoms with E-state index in [2.05, 4.69) is 15.1 Å². The summed E-state index contributed by atoms with van der Waals surface area (Å²) in [5, 5.41) is 4.30. The number of hydrogen-bond acceptors (Lipinski definition) is 4. The van der Waals surface area contributed by atoms with E-state index in [4.69, 9.17) is 0 Å². The van der Waals surface area contributed by atoms with Crippen molar-refractivity contribution < 1.29 is 4.79 Å². The zero-order valence-corrected chi connectivity index (χ0v) is 15.3. The summed E-state index contributed by atoms with van der Waals surface area (Å²) < 4.78 is 1.74. The maximum absolute atomic E-state index is 13.6. The van der Waals surface area contributed by atoms with Crippen molar-refractivity contribution in [3.8, 4) is 11.1 Å². The summed E-state index contributed by atoms with van der Waals surface area (Å²) in [6.07, 6.45) is 5.09. The first-order valence-corrected chi connectivity index (χ1v) is 9.43. The molecule has 1 aliphatic rings. The van der Waals surface area contributed by atoms with Crippen LogP contribution in [0.5, 0.6) is 0 Å². The van der Waals surface area contributed by atoms with Crippen LogP contribution in [0.2, 0.25) is 0 Å². The predicted octanol–water partition coefficient (Wildman–Crippen LogP) is 3.77. The highest BCUT2D eigenvalue weighted by atomic mass is 16.2. The zero-order valence-electron chi connectivity index (χ0n) is 15.3. The van der Waals surface area contributed by atoms with Crippen molar-refractivity contribution in [1.29, 1.82) is 0 Å². The molecular weight excluding hydrogens is 350 g/mol. The molecule has 5 rings (SSSR count). The number of aromatic nitrogens is 4. The smallest absolute Gasteiger partial charge is 0.255 e. The van der Waals surface area contributed by atoms with Gasteiger partial charge in [0.2, 0.25) is 0 Å². The Labute approximate surface area is 162 Å². The van der Waals surface area contributed by atoms with Gasteiger partial charge in [0.15, 0.2) is 0 Å². The van der Waals surface area contributed by atoms with Crippen molar-refractivity contribution in [3.63, 3.8) is 0 Å². The van der Waals surface area contributed by atoms with Gasteiger partial charge >= 0.3 is 0 Å². The van der Waals surface area contributed by atoms with Crippen LogP contribution >= 0.6 is 0 Å². The molecule has 4 aromatic rings. The van der Waals surface area contributed by atoms with Gasteiger partial charge in [0, 0.05) is 18.3 Å². The molecule has 1 saturated heterocycles. The molecule has 6 nitrogen and oxygen atoms in total. The Morgan fingerprint density at radius 1 is 0.964 bits per heavy atom. The van der Waals surface area contributed by atoms with Gasteiger partial charge in [0.05, 0.1) is 11.7 Å². The van der Waals surface area contributed by atoms with Crippen LogP contribution in [0.3, 0.4) is 0 Å². The molecule has 0 saturated carbocycles. The van der Waals surface area contributed by atoms with Crippen molar-refractivity contribution in [2.24, 2.45) is 0 Å². The summed E-state index contributed by atoms with van der Waals surface area (Å²) in [7, 11) is 0. The van der Waals surface area contributed by atoms with Gasteiger partial charge in [-0.1, -0.05) is 48.5 Å². The van der Waals surface area contributed by atoms with E-state index in [0.29, 0.717) is 5.78 Å². The Balaban J connectivity index is 1.55. The number of amides is 1. The van der Waals surface area contributed by atoms with Crippen LogP contribution in [0.25, 0.3) is 16.9 Å². The molecule has 3 heterocycles. The maximum Gasteiger partial charge on any atom is 0.255 e.